The van der Waals surface area contributed by atoms with E-state index < -0.39 is 0 Å². The molecule has 0 atom stereocenters. The van der Waals surface area contributed by atoms with Crippen LogP contribution >= 0.6 is 11.6 Å². The predicted octanol–water partition coefficient (Wildman–Crippen LogP) is 4.29. The molecule has 0 radical (unpaired) electrons. The standard InChI is InChI=1S/C19H21ClN2O2/c1-12(2)11-21-18(23)15-7-8-16(20)17(10-15)22-19(24)14-6-4-5-13(3)9-14/h4-10,12H,11H2,1-3H3,(H,21,23)(H,22,24). The van der Waals surface area contributed by atoms with Crippen LogP contribution in [0.25, 0.3) is 0 Å². The van der Waals surface area contributed by atoms with Gasteiger partial charge in [0, 0.05) is 17.7 Å². The Morgan fingerprint density at radius 1 is 1.04 bits per heavy atom. The van der Waals surface area contributed by atoms with Crippen molar-refractivity contribution in [3.63, 3.8) is 0 Å². The zero-order valence-corrected chi connectivity index (χ0v) is 14.8. The van der Waals surface area contributed by atoms with Crippen molar-refractivity contribution in [2.24, 2.45) is 5.92 Å². The molecule has 126 valence electrons. The average Bonchev–Trinajstić information content (AvgIpc) is 2.54. The Morgan fingerprint density at radius 2 is 1.75 bits per heavy atom. The quantitative estimate of drug-likeness (QED) is 0.850. The first kappa shape index (κ1) is 18.0. The van der Waals surface area contributed by atoms with Crippen molar-refractivity contribution < 1.29 is 9.59 Å². The third-order valence-corrected chi connectivity index (χ3v) is 3.76. The van der Waals surface area contributed by atoms with E-state index in [-0.39, 0.29) is 11.8 Å². The summed E-state index contributed by atoms with van der Waals surface area (Å²) in [4.78, 5) is 24.5. The fraction of sp³-hybridized carbons (Fsp3) is 0.263. The predicted molar refractivity (Wildman–Crippen MR) is 97.8 cm³/mol. The van der Waals surface area contributed by atoms with Gasteiger partial charge in [0.05, 0.1) is 10.7 Å². The summed E-state index contributed by atoms with van der Waals surface area (Å²) in [5.41, 5.74) is 2.41. The molecule has 2 amide bonds. The van der Waals surface area contributed by atoms with Crippen molar-refractivity contribution >= 4 is 29.1 Å². The van der Waals surface area contributed by atoms with Crippen LogP contribution in [0.5, 0.6) is 0 Å². The summed E-state index contributed by atoms with van der Waals surface area (Å²) >= 11 is 6.14. The highest BCUT2D eigenvalue weighted by atomic mass is 35.5. The molecule has 0 fully saturated rings. The molecule has 0 aliphatic heterocycles. The van der Waals surface area contributed by atoms with Crippen molar-refractivity contribution in [2.75, 3.05) is 11.9 Å². The van der Waals surface area contributed by atoms with Crippen LogP contribution in [0.15, 0.2) is 42.5 Å². The molecule has 0 aromatic heterocycles. The van der Waals surface area contributed by atoms with Crippen LogP contribution < -0.4 is 10.6 Å². The van der Waals surface area contributed by atoms with Gasteiger partial charge < -0.3 is 10.6 Å². The summed E-state index contributed by atoms with van der Waals surface area (Å²) in [7, 11) is 0. The lowest BCUT2D eigenvalue weighted by molar-refractivity contribution is 0.0947. The highest BCUT2D eigenvalue weighted by molar-refractivity contribution is 6.34. The van der Waals surface area contributed by atoms with E-state index in [2.05, 4.69) is 10.6 Å². The third-order valence-electron chi connectivity index (χ3n) is 3.43. The van der Waals surface area contributed by atoms with Crippen LogP contribution in [0.2, 0.25) is 5.02 Å². The van der Waals surface area contributed by atoms with Crippen molar-refractivity contribution in [3.05, 3.63) is 64.2 Å². The summed E-state index contributed by atoms with van der Waals surface area (Å²) in [6.07, 6.45) is 0. The number of benzene rings is 2. The number of amides is 2. The van der Waals surface area contributed by atoms with Crippen molar-refractivity contribution in [2.45, 2.75) is 20.8 Å². The zero-order chi connectivity index (χ0) is 17.7. The molecule has 2 rings (SSSR count). The van der Waals surface area contributed by atoms with E-state index in [1.54, 1.807) is 30.3 Å². The molecule has 0 spiro atoms. The van der Waals surface area contributed by atoms with Gasteiger partial charge in [-0.25, -0.2) is 0 Å². The number of rotatable bonds is 5. The van der Waals surface area contributed by atoms with Gasteiger partial charge in [0.15, 0.2) is 0 Å². The number of nitrogens with one attached hydrogen (secondary N) is 2. The van der Waals surface area contributed by atoms with E-state index in [4.69, 9.17) is 11.6 Å². The first-order valence-corrected chi connectivity index (χ1v) is 8.20. The van der Waals surface area contributed by atoms with Crippen LogP contribution in [0.1, 0.15) is 40.1 Å². The van der Waals surface area contributed by atoms with E-state index in [0.29, 0.717) is 34.3 Å². The summed E-state index contributed by atoms with van der Waals surface area (Å²) in [6.45, 7) is 6.56. The first-order chi connectivity index (χ1) is 11.4. The van der Waals surface area contributed by atoms with E-state index >= 15 is 0 Å². The Morgan fingerprint density at radius 3 is 2.42 bits per heavy atom. The fourth-order valence-corrected chi connectivity index (χ4v) is 2.31. The number of aryl methyl sites for hydroxylation is 1. The van der Waals surface area contributed by atoms with Gasteiger partial charge in [-0.05, 0) is 43.2 Å². The Bertz CT molecular complexity index is 757. The molecule has 0 bridgehead atoms. The molecule has 4 nitrogen and oxygen atoms in total. The molecule has 24 heavy (non-hydrogen) atoms. The number of halogens is 1. The maximum absolute atomic E-state index is 12.3. The van der Waals surface area contributed by atoms with Gasteiger partial charge >= 0.3 is 0 Å². The lowest BCUT2D eigenvalue weighted by atomic mass is 10.1. The monoisotopic (exact) mass is 344 g/mol. The van der Waals surface area contributed by atoms with Gasteiger partial charge in [-0.3, -0.25) is 9.59 Å². The summed E-state index contributed by atoms with van der Waals surface area (Å²) in [5, 5.41) is 5.99. The van der Waals surface area contributed by atoms with Gasteiger partial charge in [-0.15, -0.1) is 0 Å². The smallest absolute Gasteiger partial charge is 0.255 e. The topological polar surface area (TPSA) is 58.2 Å². The third kappa shape index (κ3) is 4.83. The fourth-order valence-electron chi connectivity index (χ4n) is 2.14. The van der Waals surface area contributed by atoms with Crippen LogP contribution in [-0.2, 0) is 0 Å². The van der Waals surface area contributed by atoms with Crippen molar-refractivity contribution in [3.8, 4) is 0 Å². The molecule has 2 aromatic rings. The summed E-state index contributed by atoms with van der Waals surface area (Å²) < 4.78 is 0. The molecule has 2 aromatic carbocycles. The van der Waals surface area contributed by atoms with Gasteiger partial charge in [-0.1, -0.05) is 43.1 Å². The van der Waals surface area contributed by atoms with E-state index in [9.17, 15) is 9.59 Å². The zero-order valence-electron chi connectivity index (χ0n) is 14.0. The van der Waals surface area contributed by atoms with Gasteiger partial charge in [0.2, 0.25) is 0 Å². The Balaban J connectivity index is 2.16. The van der Waals surface area contributed by atoms with Crippen LogP contribution in [0, 0.1) is 12.8 Å². The molecule has 0 heterocycles. The van der Waals surface area contributed by atoms with Crippen LogP contribution in [0.3, 0.4) is 0 Å². The number of hydrogen-bond donors (Lipinski definition) is 2. The highest BCUT2D eigenvalue weighted by Gasteiger charge is 2.12. The highest BCUT2D eigenvalue weighted by Crippen LogP contribution is 2.24. The van der Waals surface area contributed by atoms with Gasteiger partial charge in [0.25, 0.3) is 11.8 Å². The number of hydrogen-bond acceptors (Lipinski definition) is 2. The largest absolute Gasteiger partial charge is 0.352 e. The second-order valence-corrected chi connectivity index (χ2v) is 6.53. The Hall–Kier alpha value is -2.33. The van der Waals surface area contributed by atoms with Crippen LogP contribution in [0.4, 0.5) is 5.69 Å². The molecular weight excluding hydrogens is 324 g/mol. The maximum atomic E-state index is 12.3. The Kier molecular flexibility index (Phi) is 5.99. The molecule has 0 aliphatic rings. The second-order valence-electron chi connectivity index (χ2n) is 6.12. The molecule has 0 aliphatic carbocycles. The average molecular weight is 345 g/mol. The number of carbonyl (C=O) groups excluding carboxylic acids is 2. The van der Waals surface area contributed by atoms with E-state index in [1.165, 1.54) is 0 Å². The summed E-state index contributed by atoms with van der Waals surface area (Å²) in [5.74, 6) is -0.0893. The molecule has 2 N–H and O–H groups in total. The summed E-state index contributed by atoms with van der Waals surface area (Å²) in [6, 6.07) is 12.1. The minimum atomic E-state index is -0.264. The molecular formula is C19H21ClN2O2. The minimum absolute atomic E-state index is 0.188. The normalized spacial score (nSPS) is 10.5. The number of anilines is 1. The first-order valence-electron chi connectivity index (χ1n) is 7.82. The van der Waals surface area contributed by atoms with E-state index in [1.807, 2.05) is 32.9 Å². The number of carbonyl (C=O) groups is 2. The Labute approximate surface area is 147 Å². The van der Waals surface area contributed by atoms with Gasteiger partial charge in [-0.2, -0.15) is 0 Å². The van der Waals surface area contributed by atoms with Gasteiger partial charge in [0.1, 0.15) is 0 Å². The molecule has 0 unspecified atom stereocenters. The molecule has 0 saturated carbocycles. The van der Waals surface area contributed by atoms with Crippen LogP contribution in [-0.4, -0.2) is 18.4 Å². The van der Waals surface area contributed by atoms with Crippen molar-refractivity contribution in [1.29, 1.82) is 0 Å². The minimum Gasteiger partial charge on any atom is -0.352 e. The lowest BCUT2D eigenvalue weighted by Crippen LogP contribution is -2.27. The molecule has 5 heteroatoms. The molecule has 0 saturated heterocycles. The van der Waals surface area contributed by atoms with Crippen molar-refractivity contribution in [1.82, 2.24) is 5.32 Å². The lowest BCUT2D eigenvalue weighted by Gasteiger charge is -2.11. The van der Waals surface area contributed by atoms with E-state index in [0.717, 1.165) is 5.56 Å². The maximum Gasteiger partial charge on any atom is 0.255 e. The SMILES string of the molecule is Cc1cccc(C(=O)Nc2cc(C(=O)NCC(C)C)ccc2Cl)c1. The second kappa shape index (κ2) is 7.97.